The number of hydrogen-bond acceptors (Lipinski definition) is 3. The van der Waals surface area contributed by atoms with Crippen molar-refractivity contribution >= 4 is 5.91 Å². The predicted octanol–water partition coefficient (Wildman–Crippen LogP) is 1.10. The molecule has 1 saturated heterocycles. The molecule has 0 saturated carbocycles. The number of carbonyl (C=O) groups is 1. The second kappa shape index (κ2) is 6.06. The van der Waals surface area contributed by atoms with Gasteiger partial charge in [-0.25, -0.2) is 0 Å². The fourth-order valence-electron chi connectivity index (χ4n) is 2.74. The van der Waals surface area contributed by atoms with Crippen LogP contribution in [0.5, 0.6) is 0 Å². The molecule has 0 bridgehead atoms. The van der Waals surface area contributed by atoms with Crippen LogP contribution in [0.1, 0.15) is 27.2 Å². The zero-order chi connectivity index (χ0) is 13.9. The molecule has 0 unspecified atom stereocenters. The number of carbonyl (C=O) groups excluding carboxylic acids is 1. The molecule has 4 nitrogen and oxygen atoms in total. The molecule has 0 aromatic heterocycles. The molecule has 2 rings (SSSR count). The molecule has 2 aliphatic heterocycles. The van der Waals surface area contributed by atoms with Crippen molar-refractivity contribution in [2.45, 2.75) is 27.2 Å². The smallest absolute Gasteiger partial charge is 0.236 e. The van der Waals surface area contributed by atoms with Crippen LogP contribution in [0.25, 0.3) is 0 Å². The zero-order valence-electron chi connectivity index (χ0n) is 12.5. The molecular formula is C15H27N3O. The fourth-order valence-corrected chi connectivity index (χ4v) is 2.74. The van der Waals surface area contributed by atoms with Gasteiger partial charge in [0.25, 0.3) is 0 Å². The van der Waals surface area contributed by atoms with Crippen molar-refractivity contribution in [2.75, 3.05) is 45.8 Å². The maximum atomic E-state index is 12.2. The average molecular weight is 265 g/mol. The molecule has 1 fully saturated rings. The maximum absolute atomic E-state index is 12.2. The van der Waals surface area contributed by atoms with Crippen LogP contribution >= 0.6 is 0 Å². The zero-order valence-corrected chi connectivity index (χ0v) is 12.5. The van der Waals surface area contributed by atoms with Gasteiger partial charge in [-0.05, 0) is 11.8 Å². The first-order chi connectivity index (χ1) is 8.97. The summed E-state index contributed by atoms with van der Waals surface area (Å²) in [6, 6.07) is 0. The number of piperazine rings is 1. The molecule has 0 radical (unpaired) electrons. The van der Waals surface area contributed by atoms with E-state index in [1.807, 2.05) is 4.90 Å². The first-order valence-corrected chi connectivity index (χ1v) is 7.37. The lowest BCUT2D eigenvalue weighted by molar-refractivity contribution is -0.132. The lowest BCUT2D eigenvalue weighted by atomic mass is 9.83. The Bertz CT molecular complexity index is 351. The van der Waals surface area contributed by atoms with E-state index in [4.69, 9.17) is 0 Å². The molecule has 0 atom stereocenters. The molecule has 0 spiro atoms. The standard InChI is InChI=1S/C15H27N3O/c1-15(2,3)13-4-8-17(9-5-13)12-14(19)18-10-6-16-7-11-18/h4,16H,5-12H2,1-3H3. The van der Waals surface area contributed by atoms with Crippen LogP contribution in [0.4, 0.5) is 0 Å². The van der Waals surface area contributed by atoms with Gasteiger partial charge in [0.2, 0.25) is 5.91 Å². The van der Waals surface area contributed by atoms with Gasteiger partial charge in [-0.1, -0.05) is 32.4 Å². The van der Waals surface area contributed by atoms with Gasteiger partial charge in [0.15, 0.2) is 0 Å². The van der Waals surface area contributed by atoms with E-state index >= 15 is 0 Å². The summed E-state index contributed by atoms with van der Waals surface area (Å²) in [5.41, 5.74) is 1.80. The van der Waals surface area contributed by atoms with E-state index in [-0.39, 0.29) is 11.3 Å². The van der Waals surface area contributed by atoms with Crippen LogP contribution < -0.4 is 5.32 Å². The minimum Gasteiger partial charge on any atom is -0.339 e. The van der Waals surface area contributed by atoms with Gasteiger partial charge >= 0.3 is 0 Å². The van der Waals surface area contributed by atoms with Crippen LogP contribution in [0.3, 0.4) is 0 Å². The molecule has 1 N–H and O–H groups in total. The molecule has 19 heavy (non-hydrogen) atoms. The first-order valence-electron chi connectivity index (χ1n) is 7.37. The number of hydrogen-bond donors (Lipinski definition) is 1. The molecule has 0 aliphatic carbocycles. The van der Waals surface area contributed by atoms with Gasteiger partial charge in [0.05, 0.1) is 6.54 Å². The van der Waals surface area contributed by atoms with Gasteiger partial charge in [-0.3, -0.25) is 9.69 Å². The first kappa shape index (κ1) is 14.5. The second-order valence-electron chi connectivity index (χ2n) is 6.60. The van der Waals surface area contributed by atoms with E-state index in [1.165, 1.54) is 5.57 Å². The lowest BCUT2D eigenvalue weighted by Gasteiger charge is -2.34. The van der Waals surface area contributed by atoms with E-state index < -0.39 is 0 Å². The Balaban J connectivity index is 1.82. The van der Waals surface area contributed by atoms with Gasteiger partial charge in [0, 0.05) is 39.3 Å². The van der Waals surface area contributed by atoms with Crippen molar-refractivity contribution in [1.29, 1.82) is 0 Å². The van der Waals surface area contributed by atoms with E-state index in [1.54, 1.807) is 0 Å². The molecule has 0 aromatic rings. The lowest BCUT2D eigenvalue weighted by Crippen LogP contribution is -2.50. The molecular weight excluding hydrogens is 238 g/mol. The number of amides is 1. The summed E-state index contributed by atoms with van der Waals surface area (Å²) in [6.07, 6.45) is 3.41. The van der Waals surface area contributed by atoms with Crippen LogP contribution in [0, 0.1) is 5.41 Å². The Morgan fingerprint density at radius 1 is 1.26 bits per heavy atom. The molecule has 2 aliphatic rings. The molecule has 2 heterocycles. The summed E-state index contributed by atoms with van der Waals surface area (Å²) in [4.78, 5) is 16.4. The molecule has 0 aromatic carbocycles. The van der Waals surface area contributed by atoms with Crippen LogP contribution in [-0.2, 0) is 4.79 Å². The summed E-state index contributed by atoms with van der Waals surface area (Å²) >= 11 is 0. The minimum atomic E-state index is 0.272. The Kier molecular flexibility index (Phi) is 4.63. The Morgan fingerprint density at radius 3 is 2.47 bits per heavy atom. The van der Waals surface area contributed by atoms with Gasteiger partial charge in [-0.2, -0.15) is 0 Å². The van der Waals surface area contributed by atoms with Crippen molar-refractivity contribution in [2.24, 2.45) is 5.41 Å². The Morgan fingerprint density at radius 2 is 1.95 bits per heavy atom. The van der Waals surface area contributed by atoms with Crippen LogP contribution in [0.15, 0.2) is 11.6 Å². The third-order valence-corrected chi connectivity index (χ3v) is 4.09. The highest BCUT2D eigenvalue weighted by Crippen LogP contribution is 2.29. The van der Waals surface area contributed by atoms with Crippen molar-refractivity contribution in [3.05, 3.63) is 11.6 Å². The predicted molar refractivity (Wildman–Crippen MR) is 78.0 cm³/mol. The summed E-state index contributed by atoms with van der Waals surface area (Å²) in [6.45, 7) is 12.9. The maximum Gasteiger partial charge on any atom is 0.236 e. The summed E-state index contributed by atoms with van der Waals surface area (Å²) in [5.74, 6) is 0.286. The highest BCUT2D eigenvalue weighted by molar-refractivity contribution is 5.78. The summed E-state index contributed by atoms with van der Waals surface area (Å²) in [7, 11) is 0. The largest absolute Gasteiger partial charge is 0.339 e. The number of rotatable bonds is 2. The number of nitrogens with one attached hydrogen (secondary N) is 1. The van der Waals surface area contributed by atoms with E-state index in [2.05, 4.69) is 37.1 Å². The summed E-state index contributed by atoms with van der Waals surface area (Å²) < 4.78 is 0. The third kappa shape index (κ3) is 4.05. The van der Waals surface area contributed by atoms with Gasteiger partial charge in [0.1, 0.15) is 0 Å². The average Bonchev–Trinajstić information content (AvgIpc) is 2.39. The van der Waals surface area contributed by atoms with E-state index in [9.17, 15) is 4.79 Å². The van der Waals surface area contributed by atoms with Crippen molar-refractivity contribution < 1.29 is 4.79 Å². The van der Waals surface area contributed by atoms with Gasteiger partial charge < -0.3 is 10.2 Å². The van der Waals surface area contributed by atoms with E-state index in [0.29, 0.717) is 6.54 Å². The van der Waals surface area contributed by atoms with Crippen LogP contribution in [0.2, 0.25) is 0 Å². The van der Waals surface area contributed by atoms with Gasteiger partial charge in [-0.15, -0.1) is 0 Å². The molecule has 108 valence electrons. The third-order valence-electron chi connectivity index (χ3n) is 4.09. The summed E-state index contributed by atoms with van der Waals surface area (Å²) in [5, 5.41) is 3.28. The quantitative estimate of drug-likeness (QED) is 0.759. The highest BCUT2D eigenvalue weighted by atomic mass is 16.2. The monoisotopic (exact) mass is 265 g/mol. The normalized spacial score (nSPS) is 22.3. The fraction of sp³-hybridized carbons (Fsp3) is 0.800. The Labute approximate surface area is 116 Å². The van der Waals surface area contributed by atoms with Crippen molar-refractivity contribution in [3.8, 4) is 0 Å². The highest BCUT2D eigenvalue weighted by Gasteiger charge is 2.24. The van der Waals surface area contributed by atoms with E-state index in [0.717, 1.165) is 45.7 Å². The van der Waals surface area contributed by atoms with Crippen LogP contribution in [-0.4, -0.2) is 61.5 Å². The molecule has 4 heteroatoms. The number of nitrogens with zero attached hydrogens (tertiary/aromatic N) is 2. The SMILES string of the molecule is CC(C)(C)C1=CCN(CC(=O)N2CCNCC2)CC1. The Hall–Kier alpha value is -0.870. The molecule has 1 amide bonds. The second-order valence-corrected chi connectivity index (χ2v) is 6.60. The topological polar surface area (TPSA) is 35.6 Å². The van der Waals surface area contributed by atoms with Crippen molar-refractivity contribution in [1.82, 2.24) is 15.1 Å². The van der Waals surface area contributed by atoms with Crippen molar-refractivity contribution in [3.63, 3.8) is 0 Å². The minimum absolute atomic E-state index is 0.272.